The van der Waals surface area contributed by atoms with Crippen LogP contribution in [-0.4, -0.2) is 21.8 Å². The number of carbonyl (C=O) groups is 2. The third-order valence-electron chi connectivity index (χ3n) is 2.41. The molecule has 4 N–H and O–H groups in total. The molecule has 0 aliphatic heterocycles. The summed E-state index contributed by atoms with van der Waals surface area (Å²) in [5.74, 6) is -0.529. The molecule has 0 saturated carbocycles. The van der Waals surface area contributed by atoms with Crippen molar-refractivity contribution in [2.75, 3.05) is 11.1 Å². The highest BCUT2D eigenvalue weighted by Crippen LogP contribution is 2.19. The van der Waals surface area contributed by atoms with Gasteiger partial charge in [0.2, 0.25) is 5.91 Å². The molecule has 2 rings (SSSR count). The molecular formula is C13H12BrN5O2S. The summed E-state index contributed by atoms with van der Waals surface area (Å²) in [6.07, 6.45) is 1.42. The first kappa shape index (κ1) is 16.2. The Morgan fingerprint density at radius 3 is 2.59 bits per heavy atom. The molecular weight excluding hydrogens is 370 g/mol. The maximum atomic E-state index is 12.1. The summed E-state index contributed by atoms with van der Waals surface area (Å²) in [7, 11) is 0. The van der Waals surface area contributed by atoms with Crippen molar-refractivity contribution in [2.24, 2.45) is 0 Å². The van der Waals surface area contributed by atoms with Gasteiger partial charge in [0.15, 0.2) is 11.5 Å². The van der Waals surface area contributed by atoms with Crippen LogP contribution in [0.5, 0.6) is 0 Å². The minimum atomic E-state index is -0.450. The zero-order chi connectivity index (χ0) is 16.1. The van der Waals surface area contributed by atoms with Crippen LogP contribution < -0.4 is 15.8 Å². The Hall–Kier alpha value is -2.13. The minimum Gasteiger partial charge on any atom is -0.382 e. The van der Waals surface area contributed by atoms with Crippen LogP contribution in [0.3, 0.4) is 0 Å². The second-order valence-electron chi connectivity index (χ2n) is 4.17. The number of nitrogens with two attached hydrogens (primary N) is 1. The number of hydrogen-bond acceptors (Lipinski definition) is 6. The van der Waals surface area contributed by atoms with E-state index in [2.05, 4.69) is 35.9 Å². The molecule has 0 aliphatic rings. The lowest BCUT2D eigenvalue weighted by Gasteiger charge is -2.07. The highest BCUT2D eigenvalue weighted by atomic mass is 79.9. The summed E-state index contributed by atoms with van der Waals surface area (Å²) in [5.41, 5.74) is 6.27. The summed E-state index contributed by atoms with van der Waals surface area (Å²) in [6, 6.07) is 6.96. The van der Waals surface area contributed by atoms with Gasteiger partial charge in [0.05, 0.1) is 6.20 Å². The SMILES string of the molecule is CC(=O)NSc1ccc(NC(=O)c2nc(Br)cnc2N)cc1. The first-order valence-corrected chi connectivity index (χ1v) is 7.69. The molecule has 0 bridgehead atoms. The maximum absolute atomic E-state index is 12.1. The van der Waals surface area contributed by atoms with Gasteiger partial charge in [0.1, 0.15) is 4.60 Å². The Labute approximate surface area is 139 Å². The van der Waals surface area contributed by atoms with E-state index in [1.165, 1.54) is 25.1 Å². The summed E-state index contributed by atoms with van der Waals surface area (Å²) >= 11 is 4.34. The highest BCUT2D eigenvalue weighted by molar-refractivity contribution is 9.10. The number of amides is 2. The van der Waals surface area contributed by atoms with Crippen LogP contribution in [0.2, 0.25) is 0 Å². The molecule has 1 aromatic carbocycles. The normalized spacial score (nSPS) is 10.1. The van der Waals surface area contributed by atoms with Gasteiger partial charge in [-0.1, -0.05) is 0 Å². The number of nitrogens with one attached hydrogen (secondary N) is 2. The molecule has 7 nitrogen and oxygen atoms in total. The molecule has 2 aromatic rings. The average Bonchev–Trinajstić information content (AvgIpc) is 2.49. The third kappa shape index (κ3) is 4.43. The Morgan fingerprint density at radius 1 is 1.27 bits per heavy atom. The van der Waals surface area contributed by atoms with E-state index in [1.807, 2.05) is 0 Å². The van der Waals surface area contributed by atoms with E-state index in [9.17, 15) is 9.59 Å². The van der Waals surface area contributed by atoms with Crippen molar-refractivity contribution in [3.63, 3.8) is 0 Å². The Bertz CT molecular complexity index is 708. The van der Waals surface area contributed by atoms with Crippen molar-refractivity contribution in [2.45, 2.75) is 11.8 Å². The van der Waals surface area contributed by atoms with Crippen LogP contribution >= 0.6 is 27.9 Å². The quantitative estimate of drug-likeness (QED) is 0.700. The van der Waals surface area contributed by atoms with Crippen molar-refractivity contribution in [3.05, 3.63) is 40.8 Å². The van der Waals surface area contributed by atoms with Crippen LogP contribution in [-0.2, 0) is 4.79 Å². The van der Waals surface area contributed by atoms with E-state index in [0.29, 0.717) is 10.3 Å². The fraction of sp³-hybridized carbons (Fsp3) is 0.0769. The highest BCUT2D eigenvalue weighted by Gasteiger charge is 2.13. The second-order valence-corrected chi connectivity index (χ2v) is 5.86. The molecule has 114 valence electrons. The van der Waals surface area contributed by atoms with Gasteiger partial charge in [-0.3, -0.25) is 14.3 Å². The van der Waals surface area contributed by atoms with Gasteiger partial charge >= 0.3 is 0 Å². The molecule has 0 aliphatic carbocycles. The molecule has 0 atom stereocenters. The largest absolute Gasteiger partial charge is 0.382 e. The van der Waals surface area contributed by atoms with Crippen molar-refractivity contribution in [1.29, 1.82) is 0 Å². The first-order valence-electron chi connectivity index (χ1n) is 6.08. The van der Waals surface area contributed by atoms with Gasteiger partial charge in [-0.15, -0.1) is 0 Å². The number of benzene rings is 1. The van der Waals surface area contributed by atoms with E-state index < -0.39 is 5.91 Å². The average molecular weight is 382 g/mol. The number of aromatic nitrogens is 2. The topological polar surface area (TPSA) is 110 Å². The van der Waals surface area contributed by atoms with E-state index in [-0.39, 0.29) is 17.4 Å². The molecule has 2 amide bonds. The van der Waals surface area contributed by atoms with Gasteiger partial charge in [-0.25, -0.2) is 9.97 Å². The molecule has 9 heteroatoms. The van der Waals surface area contributed by atoms with Crippen LogP contribution in [0.15, 0.2) is 40.0 Å². The number of halogens is 1. The van der Waals surface area contributed by atoms with Crippen molar-refractivity contribution < 1.29 is 9.59 Å². The molecule has 22 heavy (non-hydrogen) atoms. The molecule has 0 fully saturated rings. The Kier molecular flexibility index (Phi) is 5.34. The predicted octanol–water partition coefficient (Wildman–Crippen LogP) is 2.22. The number of carbonyl (C=O) groups excluding carboxylic acids is 2. The maximum Gasteiger partial charge on any atom is 0.278 e. The molecule has 0 saturated heterocycles. The smallest absolute Gasteiger partial charge is 0.278 e. The minimum absolute atomic E-state index is 0.0473. The van der Waals surface area contributed by atoms with Crippen LogP contribution in [0.1, 0.15) is 17.4 Å². The standard InChI is InChI=1S/C13H12BrN5O2S/c1-7(20)19-22-9-4-2-8(3-5-9)17-13(21)11-12(15)16-6-10(14)18-11/h2-6H,1H3,(H2,15,16)(H,17,21)(H,19,20). The lowest BCUT2D eigenvalue weighted by atomic mass is 10.3. The summed E-state index contributed by atoms with van der Waals surface area (Å²) in [5, 5.41) is 2.68. The van der Waals surface area contributed by atoms with Crippen molar-refractivity contribution in [1.82, 2.24) is 14.7 Å². The van der Waals surface area contributed by atoms with E-state index >= 15 is 0 Å². The summed E-state index contributed by atoms with van der Waals surface area (Å²) in [6.45, 7) is 1.44. The zero-order valence-electron chi connectivity index (χ0n) is 11.5. The molecule has 0 spiro atoms. The fourth-order valence-electron chi connectivity index (χ4n) is 1.47. The third-order valence-corrected chi connectivity index (χ3v) is 3.69. The lowest BCUT2D eigenvalue weighted by molar-refractivity contribution is -0.117. The summed E-state index contributed by atoms with van der Waals surface area (Å²) < 4.78 is 3.04. The fourth-order valence-corrected chi connectivity index (χ4v) is 2.28. The van der Waals surface area contributed by atoms with E-state index in [4.69, 9.17) is 5.73 Å². The zero-order valence-corrected chi connectivity index (χ0v) is 13.9. The van der Waals surface area contributed by atoms with Gasteiger partial charge in [0, 0.05) is 17.5 Å². The van der Waals surface area contributed by atoms with Gasteiger partial charge < -0.3 is 11.1 Å². The Morgan fingerprint density at radius 2 is 1.95 bits per heavy atom. The number of hydrogen-bond donors (Lipinski definition) is 3. The molecule has 1 heterocycles. The number of anilines is 2. The Balaban J connectivity index is 2.05. The van der Waals surface area contributed by atoms with E-state index in [0.717, 1.165) is 4.90 Å². The second kappa shape index (κ2) is 7.23. The van der Waals surface area contributed by atoms with E-state index in [1.54, 1.807) is 24.3 Å². The van der Waals surface area contributed by atoms with Gasteiger partial charge in [0.25, 0.3) is 5.91 Å². The van der Waals surface area contributed by atoms with Crippen LogP contribution in [0.25, 0.3) is 0 Å². The number of nitrogen functional groups attached to an aromatic ring is 1. The van der Waals surface area contributed by atoms with Crippen molar-refractivity contribution in [3.8, 4) is 0 Å². The monoisotopic (exact) mass is 381 g/mol. The van der Waals surface area contributed by atoms with Gasteiger partial charge in [-0.2, -0.15) is 0 Å². The summed E-state index contributed by atoms with van der Waals surface area (Å²) in [4.78, 5) is 31.6. The van der Waals surface area contributed by atoms with Gasteiger partial charge in [-0.05, 0) is 52.1 Å². The number of rotatable bonds is 4. The lowest BCUT2D eigenvalue weighted by Crippen LogP contribution is -2.17. The molecule has 0 unspecified atom stereocenters. The van der Waals surface area contributed by atoms with Crippen LogP contribution in [0, 0.1) is 0 Å². The predicted molar refractivity (Wildman–Crippen MR) is 88.2 cm³/mol. The van der Waals surface area contributed by atoms with Crippen molar-refractivity contribution >= 4 is 51.2 Å². The molecule has 0 radical (unpaired) electrons. The van der Waals surface area contributed by atoms with Crippen LogP contribution in [0.4, 0.5) is 11.5 Å². The molecule has 1 aromatic heterocycles. The number of nitrogens with zero attached hydrogens (tertiary/aromatic N) is 2. The first-order chi connectivity index (χ1) is 10.5.